The van der Waals surface area contributed by atoms with Crippen LogP contribution in [0.4, 0.5) is 0 Å². The van der Waals surface area contributed by atoms with Crippen molar-refractivity contribution in [1.82, 2.24) is 10.6 Å². The molecule has 2 aliphatic heterocycles. The van der Waals surface area contributed by atoms with Gasteiger partial charge in [0.2, 0.25) is 0 Å². The first-order valence-corrected chi connectivity index (χ1v) is 10.1. The number of nitrogens with one attached hydrogen (secondary N) is 2. The van der Waals surface area contributed by atoms with E-state index >= 15 is 0 Å². The van der Waals surface area contributed by atoms with Gasteiger partial charge in [-0.1, -0.05) is 18.2 Å². The van der Waals surface area contributed by atoms with Crippen LogP contribution in [0.15, 0.2) is 42.5 Å². The van der Waals surface area contributed by atoms with E-state index in [4.69, 9.17) is 9.47 Å². The number of fused-ring (bicyclic) bond motifs is 1. The molecule has 1 amide bonds. The highest BCUT2D eigenvalue weighted by molar-refractivity contribution is 5.98. The van der Waals surface area contributed by atoms with Crippen LogP contribution in [0, 0.1) is 5.92 Å². The second kappa shape index (κ2) is 8.23. The van der Waals surface area contributed by atoms with Crippen LogP contribution in [0.5, 0.6) is 11.5 Å². The Bertz CT molecular complexity index is 834. The summed E-state index contributed by atoms with van der Waals surface area (Å²) < 4.78 is 11.5. The summed E-state index contributed by atoms with van der Waals surface area (Å²) in [4.78, 5) is 11.9. The molecule has 2 N–H and O–H groups in total. The van der Waals surface area contributed by atoms with Gasteiger partial charge in [0.25, 0.3) is 5.91 Å². The SMILES string of the molecule is COc1ccc(C2CCNC(C)CC2COc2ccc3c(c2)C(=O)NC3)cc1. The quantitative estimate of drug-likeness (QED) is 0.834. The first kappa shape index (κ1) is 18.8. The number of carbonyl (C=O) groups is 1. The first-order valence-electron chi connectivity index (χ1n) is 10.1. The summed E-state index contributed by atoms with van der Waals surface area (Å²) in [5.41, 5.74) is 3.11. The third-order valence-corrected chi connectivity index (χ3v) is 5.95. The number of benzene rings is 2. The Morgan fingerprint density at radius 3 is 2.68 bits per heavy atom. The van der Waals surface area contributed by atoms with Gasteiger partial charge in [-0.3, -0.25) is 4.79 Å². The molecule has 3 unspecified atom stereocenters. The molecule has 0 radical (unpaired) electrons. The topological polar surface area (TPSA) is 59.6 Å². The maximum absolute atomic E-state index is 11.9. The zero-order valence-corrected chi connectivity index (χ0v) is 16.5. The van der Waals surface area contributed by atoms with Gasteiger partial charge in [0.05, 0.1) is 13.7 Å². The second-order valence-electron chi connectivity index (χ2n) is 7.83. The Balaban J connectivity index is 1.50. The van der Waals surface area contributed by atoms with Crippen molar-refractivity contribution in [3.8, 4) is 11.5 Å². The van der Waals surface area contributed by atoms with Gasteiger partial charge >= 0.3 is 0 Å². The molecule has 0 spiro atoms. The average Bonchev–Trinajstić information content (AvgIpc) is 2.98. The van der Waals surface area contributed by atoms with Crippen LogP contribution in [-0.2, 0) is 6.54 Å². The van der Waals surface area contributed by atoms with Crippen molar-refractivity contribution in [3.63, 3.8) is 0 Å². The highest BCUT2D eigenvalue weighted by atomic mass is 16.5. The van der Waals surface area contributed by atoms with Crippen LogP contribution in [-0.4, -0.2) is 32.2 Å². The van der Waals surface area contributed by atoms with Gasteiger partial charge in [-0.15, -0.1) is 0 Å². The number of amides is 1. The standard InChI is InChI=1S/C23H28N2O3/c1-15-11-18(14-28-20-8-5-17-13-25-23(26)22(17)12-20)21(9-10-24-15)16-3-6-19(27-2)7-4-16/h3-8,12,15,18,21,24H,9-11,13-14H2,1-2H3,(H,25,26). The summed E-state index contributed by atoms with van der Waals surface area (Å²) in [6, 6.07) is 14.7. The fraction of sp³-hybridized carbons (Fsp3) is 0.435. The number of methoxy groups -OCH3 is 1. The lowest BCUT2D eigenvalue weighted by Crippen LogP contribution is -2.27. The average molecular weight is 380 g/mol. The highest BCUT2D eigenvalue weighted by Crippen LogP contribution is 2.35. The zero-order chi connectivity index (χ0) is 19.5. The van der Waals surface area contributed by atoms with Crippen molar-refractivity contribution >= 4 is 5.91 Å². The fourth-order valence-corrected chi connectivity index (χ4v) is 4.38. The fourth-order valence-electron chi connectivity index (χ4n) is 4.38. The second-order valence-corrected chi connectivity index (χ2v) is 7.83. The minimum Gasteiger partial charge on any atom is -0.497 e. The van der Waals surface area contributed by atoms with Crippen LogP contribution in [0.25, 0.3) is 0 Å². The van der Waals surface area contributed by atoms with Gasteiger partial charge in [0.15, 0.2) is 0 Å². The maximum atomic E-state index is 11.9. The van der Waals surface area contributed by atoms with E-state index in [2.05, 4.69) is 29.7 Å². The third kappa shape index (κ3) is 3.99. The highest BCUT2D eigenvalue weighted by Gasteiger charge is 2.29. The molecule has 2 heterocycles. The Morgan fingerprint density at radius 1 is 1.11 bits per heavy atom. The van der Waals surface area contributed by atoms with Crippen molar-refractivity contribution in [2.45, 2.75) is 38.3 Å². The lowest BCUT2D eigenvalue weighted by molar-refractivity contribution is 0.0965. The lowest BCUT2D eigenvalue weighted by atomic mass is 9.82. The van der Waals surface area contributed by atoms with Crippen molar-refractivity contribution in [3.05, 3.63) is 59.2 Å². The van der Waals surface area contributed by atoms with Crippen LogP contribution < -0.4 is 20.1 Å². The van der Waals surface area contributed by atoms with Crippen molar-refractivity contribution in [2.24, 2.45) is 5.92 Å². The number of hydrogen-bond donors (Lipinski definition) is 2. The zero-order valence-electron chi connectivity index (χ0n) is 16.5. The van der Waals surface area contributed by atoms with Gasteiger partial charge in [-0.25, -0.2) is 0 Å². The number of carbonyl (C=O) groups excluding carboxylic acids is 1. The molecule has 0 bridgehead atoms. The molecular formula is C23H28N2O3. The maximum Gasteiger partial charge on any atom is 0.252 e. The molecule has 28 heavy (non-hydrogen) atoms. The van der Waals surface area contributed by atoms with Gasteiger partial charge in [0, 0.05) is 24.1 Å². The molecule has 2 aromatic rings. The molecule has 4 rings (SSSR count). The summed E-state index contributed by atoms with van der Waals surface area (Å²) in [6.45, 7) is 4.50. The molecule has 5 heteroatoms. The Morgan fingerprint density at radius 2 is 1.89 bits per heavy atom. The summed E-state index contributed by atoms with van der Waals surface area (Å²) in [7, 11) is 1.69. The predicted octanol–water partition coefficient (Wildman–Crippen LogP) is 3.49. The molecule has 3 atom stereocenters. The van der Waals surface area contributed by atoms with Crippen LogP contribution in [0.1, 0.15) is 47.2 Å². The normalized spacial score (nSPS) is 24.2. The minimum absolute atomic E-state index is 0.0103. The first-order chi connectivity index (χ1) is 13.6. The molecule has 1 saturated heterocycles. The number of ether oxygens (including phenoxy) is 2. The van der Waals surface area contributed by atoms with E-state index in [1.807, 2.05) is 30.3 Å². The summed E-state index contributed by atoms with van der Waals surface area (Å²) in [6.07, 6.45) is 2.14. The summed E-state index contributed by atoms with van der Waals surface area (Å²) in [5, 5.41) is 6.46. The van der Waals surface area contributed by atoms with E-state index in [1.54, 1.807) is 7.11 Å². The van der Waals surface area contributed by atoms with Gasteiger partial charge < -0.3 is 20.1 Å². The van der Waals surface area contributed by atoms with Crippen LogP contribution in [0.3, 0.4) is 0 Å². The Hall–Kier alpha value is -2.53. The largest absolute Gasteiger partial charge is 0.497 e. The third-order valence-electron chi connectivity index (χ3n) is 5.95. The number of hydrogen-bond acceptors (Lipinski definition) is 4. The van der Waals surface area contributed by atoms with Gasteiger partial charge in [0.1, 0.15) is 11.5 Å². The minimum atomic E-state index is -0.0103. The number of rotatable bonds is 5. The van der Waals surface area contributed by atoms with Crippen molar-refractivity contribution in [2.75, 3.05) is 20.3 Å². The molecule has 0 aromatic heterocycles. The molecule has 2 aromatic carbocycles. The van der Waals surface area contributed by atoms with Gasteiger partial charge in [-0.2, -0.15) is 0 Å². The summed E-state index contributed by atoms with van der Waals surface area (Å²) in [5.74, 6) is 2.48. The lowest BCUT2D eigenvalue weighted by Gasteiger charge is -2.26. The van der Waals surface area contributed by atoms with E-state index in [1.165, 1.54) is 5.56 Å². The smallest absolute Gasteiger partial charge is 0.252 e. The Kier molecular flexibility index (Phi) is 5.53. The molecule has 148 valence electrons. The Labute approximate surface area is 166 Å². The van der Waals surface area contributed by atoms with E-state index in [0.29, 0.717) is 31.0 Å². The molecular weight excluding hydrogens is 352 g/mol. The monoisotopic (exact) mass is 380 g/mol. The van der Waals surface area contributed by atoms with Crippen molar-refractivity contribution < 1.29 is 14.3 Å². The molecule has 5 nitrogen and oxygen atoms in total. The summed E-state index contributed by atoms with van der Waals surface area (Å²) >= 11 is 0. The molecule has 1 fully saturated rings. The van der Waals surface area contributed by atoms with Gasteiger partial charge in [-0.05, 0) is 67.6 Å². The molecule has 2 aliphatic rings. The van der Waals surface area contributed by atoms with E-state index in [0.717, 1.165) is 42.0 Å². The van der Waals surface area contributed by atoms with E-state index in [-0.39, 0.29) is 5.91 Å². The van der Waals surface area contributed by atoms with Crippen LogP contribution in [0.2, 0.25) is 0 Å². The van der Waals surface area contributed by atoms with Crippen LogP contribution >= 0.6 is 0 Å². The molecule has 0 saturated carbocycles. The van der Waals surface area contributed by atoms with E-state index < -0.39 is 0 Å². The van der Waals surface area contributed by atoms with Crippen molar-refractivity contribution in [1.29, 1.82) is 0 Å². The molecule has 0 aliphatic carbocycles. The predicted molar refractivity (Wildman–Crippen MR) is 109 cm³/mol. The van der Waals surface area contributed by atoms with E-state index in [9.17, 15) is 4.79 Å².